The third-order valence-electron chi connectivity index (χ3n) is 2.94. The lowest BCUT2D eigenvalue weighted by Gasteiger charge is -2.08. The summed E-state index contributed by atoms with van der Waals surface area (Å²) in [7, 11) is 0. The van der Waals surface area contributed by atoms with Crippen LogP contribution < -0.4 is 5.43 Å². The highest BCUT2D eigenvalue weighted by molar-refractivity contribution is 14.1. The van der Waals surface area contributed by atoms with Crippen LogP contribution in [0.1, 0.15) is 16.9 Å². The Balaban J connectivity index is 2.09. The number of carbonyl (C=O) groups is 1. The first kappa shape index (κ1) is 18.9. The normalized spacial score (nSPS) is 11.7. The van der Waals surface area contributed by atoms with E-state index in [1.165, 1.54) is 6.21 Å². The van der Waals surface area contributed by atoms with Crippen LogP contribution >= 0.6 is 22.6 Å². The fourth-order valence-electron chi connectivity index (χ4n) is 1.84. The second-order valence-corrected chi connectivity index (χ2v) is 5.77. The summed E-state index contributed by atoms with van der Waals surface area (Å²) in [6.07, 6.45) is -3.99. The van der Waals surface area contributed by atoms with Crippen molar-refractivity contribution in [2.24, 2.45) is 5.10 Å². The number of hydrazone groups is 1. The van der Waals surface area contributed by atoms with Gasteiger partial charge in [-0.3, -0.25) is 14.9 Å². The molecule has 11 heteroatoms. The summed E-state index contributed by atoms with van der Waals surface area (Å²) in [4.78, 5) is 21.7. The van der Waals surface area contributed by atoms with E-state index >= 15 is 0 Å². The van der Waals surface area contributed by atoms with Gasteiger partial charge in [0, 0.05) is 11.6 Å². The van der Waals surface area contributed by atoms with Crippen molar-refractivity contribution in [3.63, 3.8) is 0 Å². The van der Waals surface area contributed by atoms with Crippen molar-refractivity contribution in [1.82, 2.24) is 5.43 Å². The van der Waals surface area contributed by atoms with Gasteiger partial charge in [-0.25, -0.2) is 5.43 Å². The minimum absolute atomic E-state index is 0.154. The largest absolute Gasteiger partial charge is 0.449 e. The van der Waals surface area contributed by atoms with Crippen molar-refractivity contribution in [2.75, 3.05) is 0 Å². The summed E-state index contributed by atoms with van der Waals surface area (Å²) < 4.78 is 43.7. The number of hydrogen-bond donors (Lipinski definition) is 1. The topological polar surface area (TPSA) is 97.7 Å². The van der Waals surface area contributed by atoms with E-state index in [0.717, 1.165) is 6.07 Å². The molecule has 7 nitrogen and oxygen atoms in total. The molecule has 1 amide bonds. The van der Waals surface area contributed by atoms with Gasteiger partial charge in [-0.2, -0.15) is 18.3 Å². The van der Waals surface area contributed by atoms with E-state index in [2.05, 4.69) is 10.5 Å². The summed E-state index contributed by atoms with van der Waals surface area (Å²) in [6, 6.07) is 5.27. The number of furan rings is 1. The molecule has 0 unspecified atom stereocenters. The molecule has 0 aliphatic rings. The number of carbonyl (C=O) groups excluding carboxylic acids is 1. The Hall–Kier alpha value is -2.44. The molecular weight excluding hydrogens is 458 g/mol. The molecule has 2 rings (SSSR count). The molecule has 1 heterocycles. The van der Waals surface area contributed by atoms with Crippen molar-refractivity contribution in [3.8, 4) is 0 Å². The number of amides is 1. The summed E-state index contributed by atoms with van der Waals surface area (Å²) in [5.41, 5.74) is 0.0274. The maximum atomic E-state index is 12.6. The van der Waals surface area contributed by atoms with Gasteiger partial charge in [0.1, 0.15) is 5.76 Å². The van der Waals surface area contributed by atoms with E-state index in [9.17, 15) is 28.1 Å². The van der Waals surface area contributed by atoms with Crippen LogP contribution in [0.2, 0.25) is 0 Å². The molecular formula is C14H9F3IN3O4. The highest BCUT2D eigenvalue weighted by Gasteiger charge is 2.33. The molecule has 0 aliphatic heterocycles. The zero-order valence-electron chi connectivity index (χ0n) is 12.2. The van der Waals surface area contributed by atoms with Crippen LogP contribution in [0.25, 0.3) is 0 Å². The highest BCUT2D eigenvalue weighted by atomic mass is 127. The molecule has 0 saturated heterocycles. The van der Waals surface area contributed by atoms with Crippen molar-refractivity contribution in [3.05, 3.63) is 61.1 Å². The summed E-state index contributed by atoms with van der Waals surface area (Å²) in [6.45, 7) is 0. The lowest BCUT2D eigenvalue weighted by molar-refractivity contribution is -0.385. The van der Waals surface area contributed by atoms with Crippen molar-refractivity contribution >= 4 is 40.4 Å². The zero-order valence-corrected chi connectivity index (χ0v) is 14.4. The number of halogens is 4. The first-order chi connectivity index (χ1) is 11.7. The lowest BCUT2D eigenvalue weighted by atomic mass is 10.1. The number of benzene rings is 1. The lowest BCUT2D eigenvalue weighted by Crippen LogP contribution is -2.20. The first-order valence-electron chi connectivity index (χ1n) is 6.58. The Morgan fingerprint density at radius 1 is 1.36 bits per heavy atom. The van der Waals surface area contributed by atoms with E-state index in [4.69, 9.17) is 4.42 Å². The molecule has 0 saturated carbocycles. The first-order valence-corrected chi connectivity index (χ1v) is 7.66. The van der Waals surface area contributed by atoms with Gasteiger partial charge in [-0.1, -0.05) is 6.07 Å². The number of hydrogen-bond acceptors (Lipinski definition) is 5. The van der Waals surface area contributed by atoms with E-state index in [0.29, 0.717) is 21.7 Å². The Morgan fingerprint density at radius 3 is 2.64 bits per heavy atom. The van der Waals surface area contributed by atoms with E-state index in [-0.39, 0.29) is 5.56 Å². The van der Waals surface area contributed by atoms with Gasteiger partial charge < -0.3 is 4.42 Å². The zero-order chi connectivity index (χ0) is 18.6. The van der Waals surface area contributed by atoms with Gasteiger partial charge in [-0.05, 0) is 40.8 Å². The van der Waals surface area contributed by atoms with Crippen molar-refractivity contribution < 1.29 is 27.3 Å². The van der Waals surface area contributed by atoms with Crippen LogP contribution in [0, 0.1) is 13.9 Å². The molecule has 0 fully saturated rings. The minimum Gasteiger partial charge on any atom is -0.449 e. The second-order valence-electron chi connectivity index (χ2n) is 4.71. The summed E-state index contributed by atoms with van der Waals surface area (Å²) in [5, 5.41) is 14.6. The van der Waals surface area contributed by atoms with Gasteiger partial charge in [-0.15, -0.1) is 0 Å². The number of rotatable bonds is 5. The summed E-state index contributed by atoms with van der Waals surface area (Å²) >= 11 is 1.94. The van der Waals surface area contributed by atoms with Crippen molar-refractivity contribution in [1.29, 1.82) is 0 Å². The molecule has 0 atom stereocenters. The molecule has 1 aromatic heterocycles. The molecule has 0 aliphatic carbocycles. The van der Waals surface area contributed by atoms with Gasteiger partial charge >= 0.3 is 6.18 Å². The molecule has 132 valence electrons. The Morgan fingerprint density at radius 2 is 2.08 bits per heavy atom. The average molecular weight is 467 g/mol. The Labute approximate surface area is 152 Å². The van der Waals surface area contributed by atoms with Crippen LogP contribution in [0.4, 0.5) is 18.9 Å². The fraction of sp³-hybridized carbons (Fsp3) is 0.143. The molecule has 0 bridgehead atoms. The van der Waals surface area contributed by atoms with E-state index < -0.39 is 34.7 Å². The van der Waals surface area contributed by atoms with Crippen LogP contribution in [-0.4, -0.2) is 17.0 Å². The van der Waals surface area contributed by atoms with Gasteiger partial charge in [0.25, 0.3) is 5.69 Å². The van der Waals surface area contributed by atoms with Gasteiger partial charge in [0.05, 0.1) is 23.1 Å². The fourth-order valence-corrected chi connectivity index (χ4v) is 2.27. The minimum atomic E-state index is -4.71. The average Bonchev–Trinajstić information content (AvgIpc) is 2.91. The van der Waals surface area contributed by atoms with Gasteiger partial charge in [0.2, 0.25) is 5.91 Å². The van der Waals surface area contributed by atoms with Gasteiger partial charge in [0.15, 0.2) is 3.77 Å². The summed E-state index contributed by atoms with van der Waals surface area (Å²) in [5.74, 6) is -0.342. The van der Waals surface area contributed by atoms with E-state index in [1.54, 1.807) is 12.1 Å². The molecule has 1 N–H and O–H groups in total. The van der Waals surface area contributed by atoms with Crippen LogP contribution in [0.5, 0.6) is 0 Å². The maximum Gasteiger partial charge on any atom is 0.416 e. The number of nitro groups is 1. The van der Waals surface area contributed by atoms with Crippen LogP contribution in [0.15, 0.2) is 39.9 Å². The smallest absolute Gasteiger partial charge is 0.416 e. The highest BCUT2D eigenvalue weighted by Crippen LogP contribution is 2.33. The maximum absolute atomic E-state index is 12.6. The SMILES string of the molecule is O=C(Cc1ccc(C(F)(F)F)cc1[N+](=O)[O-])NN=Cc1ccc(I)o1. The number of nitro benzene ring substituents is 1. The van der Waals surface area contributed by atoms with Crippen LogP contribution in [-0.2, 0) is 17.4 Å². The number of alkyl halides is 3. The molecule has 1 aromatic carbocycles. The number of nitrogens with zero attached hydrogens (tertiary/aromatic N) is 2. The third kappa shape index (κ3) is 5.27. The molecule has 0 spiro atoms. The van der Waals surface area contributed by atoms with E-state index in [1.807, 2.05) is 22.6 Å². The molecule has 0 radical (unpaired) electrons. The second kappa shape index (κ2) is 7.63. The quantitative estimate of drug-likeness (QED) is 0.315. The Bertz CT molecular complexity index is 833. The van der Waals surface area contributed by atoms with Crippen molar-refractivity contribution in [2.45, 2.75) is 12.6 Å². The predicted molar refractivity (Wildman–Crippen MR) is 89.0 cm³/mol. The third-order valence-corrected chi connectivity index (χ3v) is 3.52. The monoisotopic (exact) mass is 467 g/mol. The Kier molecular flexibility index (Phi) is 5.77. The molecule has 2 aromatic rings. The molecule has 25 heavy (non-hydrogen) atoms. The number of nitrogens with one attached hydrogen (secondary N) is 1. The van der Waals surface area contributed by atoms with Crippen LogP contribution in [0.3, 0.4) is 0 Å². The predicted octanol–water partition coefficient (Wildman–Crippen LogP) is 3.50. The standard InChI is InChI=1S/C14H9F3IN3O4/c15-14(16,17)9-2-1-8(11(6-9)21(23)24)5-13(22)20-19-7-10-3-4-12(18)25-10/h1-4,6-7H,5H2,(H,20,22).